The van der Waals surface area contributed by atoms with Crippen molar-refractivity contribution in [1.29, 1.82) is 0 Å². The third-order valence-corrected chi connectivity index (χ3v) is 8.92. The lowest BCUT2D eigenvalue weighted by Crippen LogP contribution is -2.53. The molecule has 2 atom stereocenters. The molecule has 6 rings (SSSR count). The molecule has 8 heteroatoms. The van der Waals surface area contributed by atoms with Crippen molar-refractivity contribution in [2.24, 2.45) is 18.9 Å². The molecule has 0 unspecified atom stereocenters. The molecule has 0 bridgehead atoms. The number of amides is 1. The molecule has 0 N–H and O–H groups in total. The van der Waals surface area contributed by atoms with E-state index in [2.05, 4.69) is 78.1 Å². The van der Waals surface area contributed by atoms with Crippen LogP contribution in [0.1, 0.15) is 58.2 Å². The molecule has 0 spiro atoms. The zero-order chi connectivity index (χ0) is 27.3. The summed E-state index contributed by atoms with van der Waals surface area (Å²) in [5, 5.41) is 8.56. The molecule has 2 aromatic carbocycles. The molecule has 4 heterocycles. The van der Waals surface area contributed by atoms with Gasteiger partial charge >= 0.3 is 0 Å². The van der Waals surface area contributed by atoms with E-state index in [0.29, 0.717) is 37.6 Å². The summed E-state index contributed by atoms with van der Waals surface area (Å²) >= 11 is 0. The molecule has 1 amide bonds. The van der Waals surface area contributed by atoms with E-state index in [9.17, 15) is 4.79 Å². The van der Waals surface area contributed by atoms with Crippen LogP contribution in [0.5, 0.6) is 0 Å². The molecular weight excluding hydrogens is 488 g/mol. The van der Waals surface area contributed by atoms with Gasteiger partial charge in [-0.25, -0.2) is 0 Å². The van der Waals surface area contributed by atoms with Gasteiger partial charge in [0.05, 0.1) is 25.7 Å². The topological polar surface area (TPSA) is 66.7 Å². The van der Waals surface area contributed by atoms with Crippen LogP contribution in [0.3, 0.4) is 0 Å². The lowest BCUT2D eigenvalue weighted by molar-refractivity contribution is -0.0407. The van der Waals surface area contributed by atoms with Crippen LogP contribution in [-0.2, 0) is 24.9 Å². The van der Waals surface area contributed by atoms with Gasteiger partial charge in [0.1, 0.15) is 12.2 Å². The van der Waals surface area contributed by atoms with Gasteiger partial charge in [0.25, 0.3) is 5.91 Å². The lowest BCUT2D eigenvalue weighted by atomic mass is 9.83. The molecule has 3 aromatic rings. The standard InChI is InChI=1S/C31H40N6O2/c1-20(2)28-16-34(4)9-10-36(28)14-22-11-21(3)27-15-37(31(38)26(27)12-22)25-8-6-7-23(13-25)29(24-17-39-18-24)30-33-32-19-35(30)5/h6-8,11-13,19-20,24,28-29H,9-10,14-18H2,1-5H3/t28-,29-/m1/s1. The van der Waals surface area contributed by atoms with Crippen molar-refractivity contribution >= 4 is 11.6 Å². The number of nitrogens with zero attached hydrogens (tertiary/aromatic N) is 6. The van der Waals surface area contributed by atoms with Crippen LogP contribution in [-0.4, -0.2) is 76.4 Å². The largest absolute Gasteiger partial charge is 0.381 e. The molecule has 0 saturated carbocycles. The number of piperazine rings is 1. The van der Waals surface area contributed by atoms with Crippen molar-refractivity contribution in [1.82, 2.24) is 24.6 Å². The van der Waals surface area contributed by atoms with Crippen molar-refractivity contribution < 1.29 is 9.53 Å². The van der Waals surface area contributed by atoms with Crippen LogP contribution in [0.25, 0.3) is 0 Å². The Morgan fingerprint density at radius 1 is 1.10 bits per heavy atom. The van der Waals surface area contributed by atoms with Gasteiger partial charge in [0.2, 0.25) is 0 Å². The fraction of sp³-hybridized carbons (Fsp3) is 0.516. The summed E-state index contributed by atoms with van der Waals surface area (Å²) in [6.45, 7) is 12.9. The number of benzene rings is 2. The van der Waals surface area contributed by atoms with Crippen molar-refractivity contribution in [3.05, 3.63) is 76.4 Å². The minimum Gasteiger partial charge on any atom is -0.381 e. The smallest absolute Gasteiger partial charge is 0.258 e. The predicted molar refractivity (Wildman–Crippen MR) is 152 cm³/mol. The third kappa shape index (κ3) is 4.90. The number of hydrogen-bond donors (Lipinski definition) is 0. The number of rotatable bonds is 7. The van der Waals surface area contributed by atoms with Gasteiger partial charge in [-0.1, -0.05) is 32.0 Å². The summed E-state index contributed by atoms with van der Waals surface area (Å²) in [6, 6.07) is 13.4. The van der Waals surface area contributed by atoms with Gasteiger partial charge in [-0.15, -0.1) is 10.2 Å². The van der Waals surface area contributed by atoms with Crippen molar-refractivity contribution in [3.63, 3.8) is 0 Å². The summed E-state index contributed by atoms with van der Waals surface area (Å²) in [7, 11) is 4.20. The minimum absolute atomic E-state index is 0.0807. The first-order valence-corrected chi connectivity index (χ1v) is 14.2. The zero-order valence-corrected chi connectivity index (χ0v) is 23.8. The predicted octanol–water partition coefficient (Wildman–Crippen LogP) is 3.83. The summed E-state index contributed by atoms with van der Waals surface area (Å²) in [5.41, 5.74) is 6.51. The Hall–Kier alpha value is -3.07. The highest BCUT2D eigenvalue weighted by atomic mass is 16.5. The molecule has 2 saturated heterocycles. The third-order valence-electron chi connectivity index (χ3n) is 8.92. The minimum atomic E-state index is 0.0807. The van der Waals surface area contributed by atoms with Gasteiger partial charge in [0, 0.05) is 56.4 Å². The highest BCUT2D eigenvalue weighted by Crippen LogP contribution is 2.38. The van der Waals surface area contributed by atoms with Crippen molar-refractivity contribution in [2.45, 2.75) is 45.8 Å². The Morgan fingerprint density at radius 3 is 2.62 bits per heavy atom. The monoisotopic (exact) mass is 528 g/mol. The quantitative estimate of drug-likeness (QED) is 0.464. The highest BCUT2D eigenvalue weighted by molar-refractivity contribution is 6.10. The SMILES string of the molecule is Cc1cc(CN2CCN(C)C[C@@H]2C(C)C)cc2c1CN(c1cccc([C@@H](c3nncn3C)C3COC3)c1)C2=O. The Morgan fingerprint density at radius 2 is 1.92 bits per heavy atom. The van der Waals surface area contributed by atoms with Crippen LogP contribution in [0, 0.1) is 18.8 Å². The summed E-state index contributed by atoms with van der Waals surface area (Å²) < 4.78 is 7.53. The Balaban J connectivity index is 1.26. The van der Waals surface area contributed by atoms with Crippen LogP contribution in [0.15, 0.2) is 42.7 Å². The average Bonchev–Trinajstić information content (AvgIpc) is 3.45. The number of aryl methyl sites for hydroxylation is 2. The Labute approximate surface area is 231 Å². The van der Waals surface area contributed by atoms with Crippen LogP contribution < -0.4 is 4.90 Å². The summed E-state index contributed by atoms with van der Waals surface area (Å²) in [6.07, 6.45) is 1.75. The summed E-state index contributed by atoms with van der Waals surface area (Å²) in [5.74, 6) is 2.04. The van der Waals surface area contributed by atoms with Crippen LogP contribution >= 0.6 is 0 Å². The molecule has 206 valence electrons. The molecule has 3 aliphatic rings. The average molecular weight is 529 g/mol. The highest BCUT2D eigenvalue weighted by Gasteiger charge is 2.36. The van der Waals surface area contributed by atoms with Crippen molar-refractivity contribution in [3.8, 4) is 0 Å². The number of likely N-dealkylation sites (N-methyl/N-ethyl adjacent to an activating group) is 1. The molecule has 0 aliphatic carbocycles. The van der Waals surface area contributed by atoms with E-state index in [1.54, 1.807) is 6.33 Å². The second-order valence-corrected chi connectivity index (χ2v) is 12.0. The summed E-state index contributed by atoms with van der Waals surface area (Å²) in [4.78, 5) is 20.8. The maximum atomic E-state index is 13.8. The van der Waals surface area contributed by atoms with E-state index in [-0.39, 0.29) is 11.8 Å². The van der Waals surface area contributed by atoms with E-state index in [1.807, 2.05) is 22.6 Å². The maximum absolute atomic E-state index is 13.8. The van der Waals surface area contributed by atoms with Gasteiger partial charge < -0.3 is 19.1 Å². The first kappa shape index (κ1) is 26.2. The van der Waals surface area contributed by atoms with Gasteiger partial charge in [0.15, 0.2) is 0 Å². The molecule has 0 radical (unpaired) electrons. The number of ether oxygens (including phenoxy) is 1. The van der Waals surface area contributed by atoms with Gasteiger partial charge in [-0.3, -0.25) is 9.69 Å². The van der Waals surface area contributed by atoms with Gasteiger partial charge in [-0.05, 0) is 60.3 Å². The number of carbonyl (C=O) groups excluding carboxylic acids is 1. The van der Waals surface area contributed by atoms with E-state index < -0.39 is 0 Å². The molecule has 39 heavy (non-hydrogen) atoms. The van der Waals surface area contributed by atoms with Crippen LogP contribution in [0.4, 0.5) is 5.69 Å². The number of anilines is 1. The van der Waals surface area contributed by atoms with Gasteiger partial charge in [-0.2, -0.15) is 0 Å². The Bertz CT molecular complexity index is 1360. The van der Waals surface area contributed by atoms with E-state index in [4.69, 9.17) is 4.74 Å². The first-order valence-electron chi connectivity index (χ1n) is 14.2. The molecule has 8 nitrogen and oxygen atoms in total. The number of carbonyl (C=O) groups is 1. The first-order chi connectivity index (χ1) is 18.8. The lowest BCUT2D eigenvalue weighted by Gasteiger charge is -2.42. The Kier molecular flexibility index (Phi) is 7.04. The molecular formula is C31H40N6O2. The molecule has 3 aliphatic heterocycles. The fourth-order valence-electron chi connectivity index (χ4n) is 6.56. The van der Waals surface area contributed by atoms with E-state index >= 15 is 0 Å². The van der Waals surface area contributed by atoms with Crippen molar-refractivity contribution in [2.75, 3.05) is 44.8 Å². The zero-order valence-electron chi connectivity index (χ0n) is 23.8. The van der Waals surface area contributed by atoms with E-state index in [1.165, 1.54) is 11.1 Å². The maximum Gasteiger partial charge on any atom is 0.258 e. The van der Waals surface area contributed by atoms with E-state index in [0.717, 1.165) is 54.4 Å². The second kappa shape index (κ2) is 10.5. The second-order valence-electron chi connectivity index (χ2n) is 12.0. The normalized spacial score (nSPS) is 21.4. The molecule has 1 aromatic heterocycles. The number of hydrogen-bond acceptors (Lipinski definition) is 6. The fourth-order valence-corrected chi connectivity index (χ4v) is 6.56. The molecule has 2 fully saturated rings. The number of aromatic nitrogens is 3. The number of fused-ring (bicyclic) bond motifs is 1. The van der Waals surface area contributed by atoms with Crippen LogP contribution in [0.2, 0.25) is 0 Å².